The molecule has 0 spiro atoms. The number of nitrogens with zero attached hydrogens (tertiary/aromatic N) is 2. The van der Waals surface area contributed by atoms with Crippen molar-refractivity contribution >= 4 is 17.7 Å². The number of nitriles is 1. The van der Waals surface area contributed by atoms with Crippen LogP contribution in [0.3, 0.4) is 0 Å². The summed E-state index contributed by atoms with van der Waals surface area (Å²) in [5.74, 6) is 0.00874. The molecule has 88 valence electrons. The van der Waals surface area contributed by atoms with Crippen molar-refractivity contribution in [3.05, 3.63) is 24.0 Å². The van der Waals surface area contributed by atoms with Gasteiger partial charge in [0.15, 0.2) is 5.69 Å². The summed E-state index contributed by atoms with van der Waals surface area (Å²) in [4.78, 5) is 15.5. The van der Waals surface area contributed by atoms with E-state index in [0.29, 0.717) is 5.69 Å². The van der Waals surface area contributed by atoms with E-state index in [1.54, 1.807) is 12.3 Å². The van der Waals surface area contributed by atoms with Gasteiger partial charge in [0.2, 0.25) is 0 Å². The molecule has 5 heteroatoms. The highest BCUT2D eigenvalue weighted by molar-refractivity contribution is 7.99. The third kappa shape index (κ3) is 2.98. The van der Waals surface area contributed by atoms with Crippen LogP contribution >= 0.6 is 11.8 Å². The molecule has 0 amide bonds. The largest absolute Gasteiger partial charge is 0.481 e. The third-order valence-corrected chi connectivity index (χ3v) is 4.29. The Hall–Kier alpha value is -1.54. The van der Waals surface area contributed by atoms with Crippen LogP contribution in [0.2, 0.25) is 0 Å². The molecule has 0 aliphatic heterocycles. The van der Waals surface area contributed by atoms with E-state index in [2.05, 4.69) is 4.98 Å². The Morgan fingerprint density at radius 2 is 2.41 bits per heavy atom. The highest BCUT2D eigenvalue weighted by Gasteiger charge is 2.44. The zero-order chi connectivity index (χ0) is 12.3. The molecule has 1 aliphatic carbocycles. The smallest absolute Gasteiger partial charge is 0.303 e. The zero-order valence-corrected chi connectivity index (χ0v) is 10.0. The number of carboxylic acid groups (broad SMARTS) is 1. The summed E-state index contributed by atoms with van der Waals surface area (Å²) in [7, 11) is 0. The van der Waals surface area contributed by atoms with Gasteiger partial charge in [0.25, 0.3) is 0 Å². The molecule has 0 atom stereocenters. The minimum absolute atomic E-state index is 0.0565. The van der Waals surface area contributed by atoms with Crippen molar-refractivity contribution in [3.63, 3.8) is 0 Å². The first-order valence-electron chi connectivity index (χ1n) is 5.35. The van der Waals surface area contributed by atoms with Crippen molar-refractivity contribution in [2.45, 2.75) is 24.2 Å². The molecule has 0 radical (unpaired) electrons. The fourth-order valence-electron chi connectivity index (χ4n) is 1.69. The van der Waals surface area contributed by atoms with E-state index in [1.807, 2.05) is 12.1 Å². The standard InChI is InChI=1S/C12H12N2O2S/c13-7-9-10(2-1-5-14-9)17-8-12(3-4-12)6-11(15)16/h1-2,5H,3-4,6,8H2,(H,15,16). The van der Waals surface area contributed by atoms with Gasteiger partial charge in [-0.25, -0.2) is 4.98 Å². The van der Waals surface area contributed by atoms with E-state index >= 15 is 0 Å². The van der Waals surface area contributed by atoms with Gasteiger partial charge in [-0.1, -0.05) is 0 Å². The number of carboxylic acids is 1. The highest BCUT2D eigenvalue weighted by Crippen LogP contribution is 2.52. The molecule has 17 heavy (non-hydrogen) atoms. The van der Waals surface area contributed by atoms with Crippen LogP contribution in [-0.2, 0) is 4.79 Å². The Kier molecular flexibility index (Phi) is 3.34. The molecule has 1 saturated carbocycles. The molecule has 0 saturated heterocycles. The molecule has 4 nitrogen and oxygen atoms in total. The van der Waals surface area contributed by atoms with Crippen molar-refractivity contribution in [1.82, 2.24) is 4.98 Å². The SMILES string of the molecule is N#Cc1ncccc1SCC1(CC(=O)O)CC1. The van der Waals surface area contributed by atoms with Crippen LogP contribution in [0.25, 0.3) is 0 Å². The van der Waals surface area contributed by atoms with Gasteiger partial charge in [-0.05, 0) is 30.4 Å². The number of carbonyl (C=O) groups is 1. The van der Waals surface area contributed by atoms with E-state index in [-0.39, 0.29) is 11.8 Å². The molecule has 1 aliphatic rings. The van der Waals surface area contributed by atoms with Crippen molar-refractivity contribution in [2.24, 2.45) is 5.41 Å². The Morgan fingerprint density at radius 1 is 1.65 bits per heavy atom. The number of hydrogen-bond donors (Lipinski definition) is 1. The highest BCUT2D eigenvalue weighted by atomic mass is 32.2. The molecular weight excluding hydrogens is 236 g/mol. The van der Waals surface area contributed by atoms with Crippen molar-refractivity contribution < 1.29 is 9.90 Å². The van der Waals surface area contributed by atoms with Crippen molar-refractivity contribution in [1.29, 1.82) is 5.26 Å². The molecule has 1 N–H and O–H groups in total. The number of rotatable bonds is 5. The summed E-state index contributed by atoms with van der Waals surface area (Å²) in [6.45, 7) is 0. The van der Waals surface area contributed by atoms with Crippen LogP contribution in [0.4, 0.5) is 0 Å². The Labute approximate surface area is 104 Å². The van der Waals surface area contributed by atoms with Crippen molar-refractivity contribution in [3.8, 4) is 6.07 Å². The maximum Gasteiger partial charge on any atom is 0.303 e. The zero-order valence-electron chi connectivity index (χ0n) is 9.22. The molecule has 1 heterocycles. The minimum Gasteiger partial charge on any atom is -0.481 e. The lowest BCUT2D eigenvalue weighted by molar-refractivity contribution is -0.138. The fourth-order valence-corrected chi connectivity index (χ4v) is 2.95. The van der Waals surface area contributed by atoms with Gasteiger partial charge < -0.3 is 5.11 Å². The lowest BCUT2D eigenvalue weighted by Crippen LogP contribution is -2.11. The van der Waals surface area contributed by atoms with E-state index in [0.717, 1.165) is 23.5 Å². The van der Waals surface area contributed by atoms with Gasteiger partial charge in [-0.2, -0.15) is 5.26 Å². The van der Waals surface area contributed by atoms with Crippen LogP contribution in [-0.4, -0.2) is 21.8 Å². The number of aromatic nitrogens is 1. The number of pyridine rings is 1. The summed E-state index contributed by atoms with van der Waals surface area (Å²) in [5.41, 5.74) is 0.364. The first-order chi connectivity index (χ1) is 8.15. The van der Waals surface area contributed by atoms with E-state index < -0.39 is 5.97 Å². The Morgan fingerprint density at radius 3 is 3.00 bits per heavy atom. The Balaban J connectivity index is 1.99. The summed E-state index contributed by atoms with van der Waals surface area (Å²) in [5, 5.41) is 17.7. The second-order valence-electron chi connectivity index (χ2n) is 4.32. The average molecular weight is 248 g/mol. The molecule has 1 aromatic heterocycles. The van der Waals surface area contributed by atoms with Gasteiger partial charge >= 0.3 is 5.97 Å². The molecule has 1 fully saturated rings. The molecule has 1 aromatic rings. The number of thioether (sulfide) groups is 1. The van der Waals surface area contributed by atoms with Crippen LogP contribution in [0, 0.1) is 16.7 Å². The summed E-state index contributed by atoms with van der Waals surface area (Å²) in [6, 6.07) is 5.69. The lowest BCUT2D eigenvalue weighted by Gasteiger charge is -2.11. The maximum atomic E-state index is 10.7. The number of aliphatic carboxylic acids is 1. The maximum absolute atomic E-state index is 10.7. The van der Waals surface area contributed by atoms with Crippen molar-refractivity contribution in [2.75, 3.05) is 5.75 Å². The van der Waals surface area contributed by atoms with E-state index in [4.69, 9.17) is 10.4 Å². The topological polar surface area (TPSA) is 74.0 Å². The van der Waals surface area contributed by atoms with Gasteiger partial charge in [0.05, 0.1) is 6.42 Å². The normalized spacial score (nSPS) is 16.2. The second-order valence-corrected chi connectivity index (χ2v) is 5.34. The molecule has 0 aromatic carbocycles. The summed E-state index contributed by atoms with van der Waals surface area (Å²) >= 11 is 1.53. The quantitative estimate of drug-likeness (QED) is 0.809. The van der Waals surface area contributed by atoms with Gasteiger partial charge in [-0.15, -0.1) is 11.8 Å². The lowest BCUT2D eigenvalue weighted by atomic mass is 10.1. The summed E-state index contributed by atoms with van der Waals surface area (Å²) in [6.07, 6.45) is 3.75. The first kappa shape index (κ1) is 11.9. The van der Waals surface area contributed by atoms with E-state index in [9.17, 15) is 4.79 Å². The first-order valence-corrected chi connectivity index (χ1v) is 6.33. The third-order valence-electron chi connectivity index (χ3n) is 2.89. The van der Waals surface area contributed by atoms with Crippen LogP contribution in [0.15, 0.2) is 23.2 Å². The van der Waals surface area contributed by atoms with E-state index in [1.165, 1.54) is 11.8 Å². The predicted octanol–water partition coefficient (Wildman–Crippen LogP) is 2.30. The van der Waals surface area contributed by atoms with Crippen LogP contribution in [0.5, 0.6) is 0 Å². The molecule has 0 unspecified atom stereocenters. The van der Waals surface area contributed by atoms with Gasteiger partial charge in [-0.3, -0.25) is 4.79 Å². The second kappa shape index (κ2) is 4.76. The van der Waals surface area contributed by atoms with Crippen LogP contribution in [0.1, 0.15) is 25.0 Å². The molecule has 2 rings (SSSR count). The van der Waals surface area contributed by atoms with Crippen LogP contribution < -0.4 is 0 Å². The number of hydrogen-bond acceptors (Lipinski definition) is 4. The Bertz CT molecular complexity index is 478. The van der Waals surface area contributed by atoms with Gasteiger partial charge in [0.1, 0.15) is 6.07 Å². The van der Waals surface area contributed by atoms with Gasteiger partial charge in [0, 0.05) is 16.8 Å². The predicted molar refractivity (Wildman–Crippen MR) is 63.6 cm³/mol. The minimum atomic E-state index is -0.741. The summed E-state index contributed by atoms with van der Waals surface area (Å²) < 4.78 is 0. The monoisotopic (exact) mass is 248 g/mol. The molecule has 0 bridgehead atoms. The molecular formula is C12H12N2O2S. The fraction of sp³-hybridized carbons (Fsp3) is 0.417. The average Bonchev–Trinajstić information content (AvgIpc) is 3.06.